The van der Waals surface area contributed by atoms with Gasteiger partial charge in [0, 0.05) is 11.1 Å². The zero-order valence-corrected chi connectivity index (χ0v) is 20.9. The lowest BCUT2D eigenvalue weighted by Gasteiger charge is -2.49. The zero-order valence-electron chi connectivity index (χ0n) is 17.6. The summed E-state index contributed by atoms with van der Waals surface area (Å²) in [5.74, 6) is -2.09. The molecule has 0 aromatic carbocycles. The highest BCUT2D eigenvalue weighted by atomic mass is 32.2. The van der Waals surface area contributed by atoms with Crippen molar-refractivity contribution in [3.63, 3.8) is 0 Å². The normalized spacial score (nSPS) is 20.4. The fourth-order valence-corrected chi connectivity index (χ4v) is 6.61. The van der Waals surface area contributed by atoms with Gasteiger partial charge >= 0.3 is 5.97 Å². The molecular weight excluding hydrogens is 523 g/mol. The number of aryl methyl sites for hydroxylation is 1. The molecule has 1 saturated heterocycles. The number of nitrogen functional groups attached to an aromatic ring is 1. The summed E-state index contributed by atoms with van der Waals surface area (Å²) in [6, 6.07) is -0.922. The van der Waals surface area contributed by atoms with E-state index >= 15 is 0 Å². The molecule has 2 aromatic rings. The molecule has 34 heavy (non-hydrogen) atoms. The molecule has 178 valence electrons. The summed E-state index contributed by atoms with van der Waals surface area (Å²) in [5.41, 5.74) is 6.08. The summed E-state index contributed by atoms with van der Waals surface area (Å²) in [7, 11) is 1.28. The van der Waals surface area contributed by atoms with Crippen LogP contribution in [-0.2, 0) is 19.2 Å². The number of nitrogens with one attached hydrogen (secondary N) is 1. The lowest BCUT2D eigenvalue weighted by atomic mass is 10.0. The lowest BCUT2D eigenvalue weighted by molar-refractivity contribution is -0.150. The number of hydrogen-bond donors (Lipinski definition) is 3. The standard InChI is InChI=1S/C18H17N7O5S4/c1-7-22-23-18(34-7)31-4-3-8-5-32-15-11(14(27)25(15)12(8)16(28)29)21-13(26)10(24-30-2)9-6-33-17(19)20-9/h3-4,6,11,15H,5H2,1-2H3,(H2,19,20)(H,21,26)(H,28,29)/b4-3+,24-10-. The van der Waals surface area contributed by atoms with Gasteiger partial charge in [-0.2, -0.15) is 0 Å². The number of carbonyl (C=O) groups excluding carboxylic acids is 2. The maximum atomic E-state index is 12.9. The van der Waals surface area contributed by atoms with Crippen LogP contribution in [0.3, 0.4) is 0 Å². The third-order valence-corrected chi connectivity index (χ3v) is 8.30. The van der Waals surface area contributed by atoms with E-state index in [9.17, 15) is 19.5 Å². The number of fused-ring (bicyclic) bond motifs is 1. The number of anilines is 1. The van der Waals surface area contributed by atoms with E-state index in [0.29, 0.717) is 11.3 Å². The van der Waals surface area contributed by atoms with Crippen LogP contribution in [0.4, 0.5) is 5.13 Å². The van der Waals surface area contributed by atoms with Gasteiger partial charge in [0.05, 0.1) is 0 Å². The van der Waals surface area contributed by atoms with Gasteiger partial charge in [0.15, 0.2) is 15.2 Å². The summed E-state index contributed by atoms with van der Waals surface area (Å²) >= 11 is 5.22. The van der Waals surface area contributed by atoms with Crippen LogP contribution in [0.5, 0.6) is 0 Å². The van der Waals surface area contributed by atoms with E-state index in [-0.39, 0.29) is 22.2 Å². The summed E-state index contributed by atoms with van der Waals surface area (Å²) in [4.78, 5) is 47.6. The number of thioether (sulfide) groups is 2. The highest BCUT2D eigenvalue weighted by molar-refractivity contribution is 8.03. The molecule has 1 fully saturated rings. The number of carbonyl (C=O) groups is 3. The largest absolute Gasteiger partial charge is 0.477 e. The molecule has 0 radical (unpaired) electrons. The highest BCUT2D eigenvalue weighted by Crippen LogP contribution is 2.41. The van der Waals surface area contributed by atoms with E-state index in [0.717, 1.165) is 20.7 Å². The first-order valence-electron chi connectivity index (χ1n) is 9.48. The Labute approximate surface area is 209 Å². The molecule has 2 aliphatic heterocycles. The summed E-state index contributed by atoms with van der Waals surface area (Å²) in [6.45, 7) is 1.84. The average molecular weight is 540 g/mol. The predicted molar refractivity (Wildman–Crippen MR) is 129 cm³/mol. The third-order valence-electron chi connectivity index (χ3n) is 4.59. The molecule has 0 saturated carbocycles. The second-order valence-electron chi connectivity index (χ2n) is 6.74. The molecule has 2 amide bonds. The lowest BCUT2D eigenvalue weighted by Crippen LogP contribution is -2.71. The average Bonchev–Trinajstić information content (AvgIpc) is 3.42. The van der Waals surface area contributed by atoms with Crippen molar-refractivity contribution in [3.8, 4) is 0 Å². The molecule has 4 rings (SSSR count). The van der Waals surface area contributed by atoms with Gasteiger partial charge in [0.2, 0.25) is 0 Å². The fourth-order valence-electron chi connectivity index (χ4n) is 3.17. The number of β-lactam (4-membered cyclic amide) rings is 1. The number of oxime groups is 1. The maximum absolute atomic E-state index is 12.9. The number of nitrogens with two attached hydrogens (primary N) is 1. The van der Waals surface area contributed by atoms with E-state index in [1.165, 1.54) is 46.9 Å². The van der Waals surface area contributed by atoms with Gasteiger partial charge in [-0.1, -0.05) is 28.3 Å². The molecule has 2 aromatic heterocycles. The molecule has 2 aliphatic rings. The third kappa shape index (κ3) is 4.79. The monoisotopic (exact) mass is 539 g/mol. The van der Waals surface area contributed by atoms with Crippen LogP contribution in [0, 0.1) is 6.92 Å². The van der Waals surface area contributed by atoms with Crippen LogP contribution < -0.4 is 11.1 Å². The van der Waals surface area contributed by atoms with Gasteiger partial charge in [0.25, 0.3) is 11.8 Å². The number of nitrogens with zero attached hydrogens (tertiary/aromatic N) is 5. The van der Waals surface area contributed by atoms with Gasteiger partial charge in [-0.05, 0) is 24.0 Å². The number of aliphatic carboxylic acids is 1. The number of rotatable bonds is 8. The van der Waals surface area contributed by atoms with Gasteiger partial charge in [-0.25, -0.2) is 9.78 Å². The highest BCUT2D eigenvalue weighted by Gasteiger charge is 2.54. The first kappa shape index (κ1) is 24.2. The summed E-state index contributed by atoms with van der Waals surface area (Å²) < 4.78 is 0.728. The Morgan fingerprint density at radius 1 is 1.44 bits per heavy atom. The molecule has 0 aliphatic carbocycles. The summed E-state index contributed by atoms with van der Waals surface area (Å²) in [5, 5.41) is 27.8. The van der Waals surface area contributed by atoms with Crippen molar-refractivity contribution >= 4 is 74.8 Å². The van der Waals surface area contributed by atoms with Crippen molar-refractivity contribution in [2.24, 2.45) is 5.16 Å². The van der Waals surface area contributed by atoms with Crippen LogP contribution in [0.2, 0.25) is 0 Å². The van der Waals surface area contributed by atoms with Gasteiger partial charge in [0.1, 0.15) is 34.9 Å². The SMILES string of the molecule is CO/N=C(\C(=O)NC1C(=O)N2C(C(=O)O)=C(/C=C/Sc3nnc(C)s3)CSC12)c1csc(N)n1. The van der Waals surface area contributed by atoms with Crippen LogP contribution in [0.25, 0.3) is 0 Å². The van der Waals surface area contributed by atoms with E-state index in [1.807, 2.05) is 6.92 Å². The Balaban J connectivity index is 1.49. The van der Waals surface area contributed by atoms with Crippen LogP contribution in [0.1, 0.15) is 10.7 Å². The molecule has 2 unspecified atom stereocenters. The van der Waals surface area contributed by atoms with E-state index in [4.69, 9.17) is 10.6 Å². The molecule has 4 N–H and O–H groups in total. The summed E-state index contributed by atoms with van der Waals surface area (Å²) in [6.07, 6.45) is 1.66. The van der Waals surface area contributed by atoms with E-state index in [2.05, 4.69) is 25.7 Å². The topological polar surface area (TPSA) is 173 Å². The van der Waals surface area contributed by atoms with Gasteiger partial charge < -0.3 is 21.0 Å². The van der Waals surface area contributed by atoms with Crippen molar-refractivity contribution in [3.05, 3.63) is 38.8 Å². The molecular formula is C18H17N7O5S4. The molecule has 0 spiro atoms. The minimum atomic E-state index is -1.22. The van der Waals surface area contributed by atoms with Crippen LogP contribution >= 0.6 is 46.2 Å². The Kier molecular flexibility index (Phi) is 7.20. The van der Waals surface area contributed by atoms with E-state index in [1.54, 1.807) is 16.9 Å². The molecule has 4 heterocycles. The van der Waals surface area contributed by atoms with Crippen molar-refractivity contribution in [2.75, 3.05) is 18.6 Å². The number of carboxylic acid groups (broad SMARTS) is 1. The van der Waals surface area contributed by atoms with Crippen LogP contribution in [0.15, 0.2) is 37.6 Å². The number of hydrogen-bond acceptors (Lipinski definition) is 13. The van der Waals surface area contributed by atoms with Crippen molar-refractivity contribution in [1.82, 2.24) is 25.4 Å². The zero-order chi connectivity index (χ0) is 24.4. The second kappa shape index (κ2) is 10.1. The number of amides is 2. The van der Waals surface area contributed by atoms with Crippen molar-refractivity contribution in [2.45, 2.75) is 22.7 Å². The number of aromatic nitrogens is 3. The Morgan fingerprint density at radius 3 is 2.85 bits per heavy atom. The number of allylic oxidation sites excluding steroid dienone is 1. The predicted octanol–water partition coefficient (Wildman–Crippen LogP) is 1.28. The number of carboxylic acids is 1. The number of thiazole rings is 1. The first-order valence-corrected chi connectivity index (χ1v) is 13.1. The van der Waals surface area contributed by atoms with Gasteiger partial charge in [-0.3, -0.25) is 14.5 Å². The quantitative estimate of drug-likeness (QED) is 0.191. The van der Waals surface area contributed by atoms with Crippen molar-refractivity contribution < 1.29 is 24.3 Å². The minimum absolute atomic E-state index is 0.109. The fraction of sp³-hybridized carbons (Fsp3) is 0.278. The minimum Gasteiger partial charge on any atom is -0.477 e. The van der Waals surface area contributed by atoms with Crippen LogP contribution in [-0.4, -0.2) is 73.0 Å². The molecule has 16 heteroatoms. The molecule has 0 bridgehead atoms. The molecule has 12 nitrogen and oxygen atoms in total. The Bertz CT molecular complexity index is 1240. The first-order chi connectivity index (χ1) is 16.3. The van der Waals surface area contributed by atoms with E-state index < -0.39 is 29.2 Å². The smallest absolute Gasteiger partial charge is 0.352 e. The second-order valence-corrected chi connectivity index (χ2v) is 11.1. The molecule has 2 atom stereocenters. The maximum Gasteiger partial charge on any atom is 0.352 e. The Hall–Kier alpha value is -2.95. The van der Waals surface area contributed by atoms with Gasteiger partial charge in [-0.15, -0.1) is 33.3 Å². The Morgan fingerprint density at radius 2 is 2.24 bits per heavy atom. The van der Waals surface area contributed by atoms with Crippen molar-refractivity contribution in [1.29, 1.82) is 0 Å².